The number of thiophene rings is 2. The Morgan fingerprint density at radius 1 is 0.300 bits per heavy atom. The molecule has 0 saturated heterocycles. The van der Waals surface area contributed by atoms with Crippen LogP contribution in [-0.2, 0) is 28.4 Å². The van der Waals surface area contributed by atoms with E-state index in [0.717, 1.165) is 42.5 Å². The van der Waals surface area contributed by atoms with Crippen molar-refractivity contribution in [2.45, 2.75) is 27.7 Å². The molecule has 40 heavy (non-hydrogen) atoms. The fourth-order valence-electron chi connectivity index (χ4n) is 3.85. The van der Waals surface area contributed by atoms with Gasteiger partial charge in [-0.25, -0.2) is 0 Å². The van der Waals surface area contributed by atoms with E-state index in [1.165, 1.54) is 0 Å². The van der Waals surface area contributed by atoms with E-state index in [1.807, 2.05) is 27.7 Å². The second-order valence-electron chi connectivity index (χ2n) is 8.81. The van der Waals surface area contributed by atoms with Crippen LogP contribution in [0.25, 0.3) is 0 Å². The summed E-state index contributed by atoms with van der Waals surface area (Å²) in [5.74, 6) is 3.10. The Balaban J connectivity index is 1.42. The van der Waals surface area contributed by atoms with Crippen LogP contribution in [0.1, 0.15) is 19.5 Å². The normalized spacial score (nSPS) is 19.1. The average Bonchev–Trinajstić information content (AvgIpc) is 3.36. The van der Waals surface area contributed by atoms with E-state index in [9.17, 15) is 0 Å². The number of rotatable bonds is 0. The molecule has 0 atom stereocenters. The van der Waals surface area contributed by atoms with E-state index in [1.54, 1.807) is 22.7 Å². The van der Waals surface area contributed by atoms with Crippen LogP contribution in [0.15, 0.2) is 0 Å². The molecule has 0 saturated carbocycles. The Hall–Kier alpha value is -1.64. The lowest BCUT2D eigenvalue weighted by Gasteiger charge is -2.13. The average molecular weight is 605 g/mol. The number of aryl methyl sites for hydroxylation is 4. The lowest BCUT2D eigenvalue weighted by atomic mass is 10.4. The van der Waals surface area contributed by atoms with Gasteiger partial charge in [0.15, 0.2) is 23.0 Å². The molecule has 3 rings (SSSR count). The minimum Gasteiger partial charge on any atom is -0.486 e. The summed E-state index contributed by atoms with van der Waals surface area (Å²) in [5.41, 5.74) is 0. The van der Waals surface area contributed by atoms with Crippen molar-refractivity contribution in [3.05, 3.63) is 19.5 Å². The van der Waals surface area contributed by atoms with Crippen LogP contribution < -0.4 is 18.9 Å². The number of hydrogen-bond donors (Lipinski definition) is 0. The van der Waals surface area contributed by atoms with Crippen LogP contribution in [0.5, 0.6) is 23.0 Å². The molecule has 0 spiro atoms. The van der Waals surface area contributed by atoms with Gasteiger partial charge in [-0.2, -0.15) is 0 Å². The molecule has 0 bridgehead atoms. The minimum atomic E-state index is 0.434. The molecule has 0 fully saturated rings. The van der Waals surface area contributed by atoms with E-state index in [2.05, 4.69) is 0 Å². The first-order valence-corrected chi connectivity index (χ1v) is 15.4. The fraction of sp³-hybridized carbons (Fsp3) is 0.714. The highest BCUT2D eigenvalue weighted by Crippen LogP contribution is 2.42. The van der Waals surface area contributed by atoms with Gasteiger partial charge in [-0.15, -0.1) is 22.7 Å². The van der Waals surface area contributed by atoms with Gasteiger partial charge in [-0.05, 0) is 27.7 Å². The molecule has 0 amide bonds. The smallest absolute Gasteiger partial charge is 0.175 e. The second kappa shape index (κ2) is 19.5. The third-order valence-electron chi connectivity index (χ3n) is 5.69. The van der Waals surface area contributed by atoms with E-state index >= 15 is 0 Å². The first-order valence-electron chi connectivity index (χ1n) is 13.8. The maximum absolute atomic E-state index is 5.97. The predicted octanol–water partition coefficient (Wildman–Crippen LogP) is 4.37. The molecule has 1 aliphatic heterocycles. The van der Waals surface area contributed by atoms with Crippen molar-refractivity contribution in [3.63, 3.8) is 0 Å². The van der Waals surface area contributed by atoms with E-state index in [-0.39, 0.29) is 0 Å². The van der Waals surface area contributed by atoms with Crippen LogP contribution in [-0.4, -0.2) is 106 Å². The molecular formula is C28H44O10S2. The highest BCUT2D eigenvalue weighted by molar-refractivity contribution is 7.12. The van der Waals surface area contributed by atoms with Crippen LogP contribution >= 0.6 is 22.7 Å². The van der Waals surface area contributed by atoms with Crippen molar-refractivity contribution in [1.29, 1.82) is 0 Å². The largest absolute Gasteiger partial charge is 0.486 e. The first-order chi connectivity index (χ1) is 19.6. The lowest BCUT2D eigenvalue weighted by Crippen LogP contribution is -2.15. The molecule has 1 aliphatic rings. The van der Waals surface area contributed by atoms with Gasteiger partial charge in [0.1, 0.15) is 26.4 Å². The molecule has 228 valence electrons. The van der Waals surface area contributed by atoms with Crippen molar-refractivity contribution in [2.24, 2.45) is 0 Å². The summed E-state index contributed by atoms with van der Waals surface area (Å²) in [6, 6.07) is 0. The summed E-state index contributed by atoms with van der Waals surface area (Å²) in [6.45, 7) is 15.6. The van der Waals surface area contributed by atoms with Crippen molar-refractivity contribution >= 4 is 22.7 Å². The zero-order valence-electron chi connectivity index (χ0n) is 24.2. The van der Waals surface area contributed by atoms with Crippen molar-refractivity contribution in [1.82, 2.24) is 0 Å². The summed E-state index contributed by atoms with van der Waals surface area (Å²) in [5, 5.41) is 0. The summed E-state index contributed by atoms with van der Waals surface area (Å²) < 4.78 is 57.6. The summed E-state index contributed by atoms with van der Waals surface area (Å²) in [6.07, 6.45) is 0. The topological polar surface area (TPSA) is 92.3 Å². The van der Waals surface area contributed by atoms with Gasteiger partial charge in [0.2, 0.25) is 0 Å². The fourth-order valence-corrected chi connectivity index (χ4v) is 5.74. The third kappa shape index (κ3) is 11.7. The van der Waals surface area contributed by atoms with Gasteiger partial charge in [0, 0.05) is 19.5 Å². The molecule has 12 heteroatoms. The molecule has 0 N–H and O–H groups in total. The summed E-state index contributed by atoms with van der Waals surface area (Å²) in [7, 11) is 0. The molecule has 0 unspecified atom stereocenters. The highest BCUT2D eigenvalue weighted by Gasteiger charge is 2.17. The molecule has 0 aromatic carbocycles. The molecule has 10 nitrogen and oxygen atoms in total. The van der Waals surface area contributed by atoms with Gasteiger partial charge in [-0.3, -0.25) is 0 Å². The standard InChI is InChI=1S/C28H44O10S2/c1-21-25-26(22(2)39-21)36-18-14-32-10-6-30-8-12-34-16-20-38-28-24(4)40-23(3)27(28)37-19-15-33-11-7-29-5-9-31-13-17-35-25/h5-20H2,1-4H3. The van der Waals surface area contributed by atoms with Crippen LogP contribution in [0.3, 0.4) is 0 Å². The molecule has 2 aromatic heterocycles. The quantitative estimate of drug-likeness (QED) is 0.432. The van der Waals surface area contributed by atoms with Crippen LogP contribution in [0.2, 0.25) is 0 Å². The summed E-state index contributed by atoms with van der Waals surface area (Å²) in [4.78, 5) is 4.32. The molecule has 0 radical (unpaired) electrons. The Bertz CT molecular complexity index is 816. The Morgan fingerprint density at radius 3 is 0.675 bits per heavy atom. The molecule has 2 aromatic rings. The lowest BCUT2D eigenvalue weighted by molar-refractivity contribution is 0.00249. The van der Waals surface area contributed by atoms with Crippen molar-refractivity contribution in [3.8, 4) is 23.0 Å². The molecule has 3 heterocycles. The predicted molar refractivity (Wildman–Crippen MR) is 154 cm³/mol. The maximum Gasteiger partial charge on any atom is 0.175 e. The van der Waals surface area contributed by atoms with Crippen LogP contribution in [0.4, 0.5) is 0 Å². The van der Waals surface area contributed by atoms with E-state index in [0.29, 0.717) is 106 Å². The van der Waals surface area contributed by atoms with Gasteiger partial charge < -0.3 is 47.4 Å². The Morgan fingerprint density at radius 2 is 0.475 bits per heavy atom. The summed E-state index contributed by atoms with van der Waals surface area (Å²) >= 11 is 3.31. The van der Waals surface area contributed by atoms with Crippen molar-refractivity contribution < 1.29 is 47.4 Å². The molecule has 0 aliphatic carbocycles. The monoisotopic (exact) mass is 604 g/mol. The minimum absolute atomic E-state index is 0.434. The Kier molecular flexibility index (Phi) is 16.0. The van der Waals surface area contributed by atoms with Gasteiger partial charge in [0.25, 0.3) is 0 Å². The van der Waals surface area contributed by atoms with E-state index in [4.69, 9.17) is 47.4 Å². The second-order valence-corrected chi connectivity index (χ2v) is 11.7. The van der Waals surface area contributed by atoms with Gasteiger partial charge in [0.05, 0.1) is 79.3 Å². The maximum atomic E-state index is 5.97. The zero-order chi connectivity index (χ0) is 28.4. The van der Waals surface area contributed by atoms with Crippen LogP contribution in [0, 0.1) is 27.7 Å². The number of fused-ring (bicyclic) bond motifs is 2. The van der Waals surface area contributed by atoms with Crippen molar-refractivity contribution in [2.75, 3.05) is 106 Å². The van der Waals surface area contributed by atoms with Gasteiger partial charge >= 0.3 is 0 Å². The zero-order valence-corrected chi connectivity index (χ0v) is 25.8. The first kappa shape index (κ1) is 32.9. The number of hydrogen-bond acceptors (Lipinski definition) is 12. The van der Waals surface area contributed by atoms with Gasteiger partial charge in [-0.1, -0.05) is 0 Å². The molecular weight excluding hydrogens is 560 g/mol. The number of ether oxygens (including phenoxy) is 10. The third-order valence-corrected chi connectivity index (χ3v) is 7.65. The SMILES string of the molecule is Cc1sc(C)c2c1OCCOCCOCCOCCOc1c(C)sc(C)c1OCCOCCOCCOCCO2. The Labute approximate surface area is 245 Å². The van der Waals surface area contributed by atoms with E-state index < -0.39 is 0 Å². The highest BCUT2D eigenvalue weighted by atomic mass is 32.1.